The SMILES string of the molecule is [c]1cccc(C2=CCCC2)c1. The van der Waals surface area contributed by atoms with Crippen LogP contribution in [0.2, 0.25) is 0 Å². The Bertz CT molecular complexity index is 257. The first-order valence-corrected chi connectivity index (χ1v) is 4.12. The highest BCUT2D eigenvalue weighted by molar-refractivity contribution is 5.66. The van der Waals surface area contributed by atoms with Gasteiger partial charge in [-0.15, -0.1) is 0 Å². The third-order valence-corrected chi connectivity index (χ3v) is 2.12. The van der Waals surface area contributed by atoms with Gasteiger partial charge in [-0.25, -0.2) is 0 Å². The molecule has 0 fully saturated rings. The van der Waals surface area contributed by atoms with E-state index in [1.54, 1.807) is 0 Å². The highest BCUT2D eigenvalue weighted by Crippen LogP contribution is 2.26. The van der Waals surface area contributed by atoms with Gasteiger partial charge in [-0.3, -0.25) is 0 Å². The van der Waals surface area contributed by atoms with Crippen molar-refractivity contribution in [2.45, 2.75) is 19.3 Å². The third-order valence-electron chi connectivity index (χ3n) is 2.12. The molecule has 0 saturated heterocycles. The number of benzene rings is 1. The number of hydrogen-bond acceptors (Lipinski definition) is 0. The molecule has 0 unspecified atom stereocenters. The van der Waals surface area contributed by atoms with E-state index in [1.807, 2.05) is 6.07 Å². The van der Waals surface area contributed by atoms with Crippen molar-refractivity contribution in [3.05, 3.63) is 42.0 Å². The van der Waals surface area contributed by atoms with Gasteiger partial charge in [0.2, 0.25) is 0 Å². The average Bonchev–Trinajstić information content (AvgIpc) is 2.58. The molecule has 1 aromatic carbocycles. The second-order valence-corrected chi connectivity index (χ2v) is 2.91. The maximum atomic E-state index is 3.10. The fourth-order valence-electron chi connectivity index (χ4n) is 1.53. The van der Waals surface area contributed by atoms with E-state index in [0.717, 1.165) is 0 Å². The van der Waals surface area contributed by atoms with Gasteiger partial charge in [-0.1, -0.05) is 24.3 Å². The molecule has 1 aliphatic carbocycles. The lowest BCUT2D eigenvalue weighted by molar-refractivity contribution is 0.935. The second-order valence-electron chi connectivity index (χ2n) is 2.91. The molecule has 0 aromatic heterocycles. The largest absolute Gasteiger partial charge is 0.0807 e. The Hall–Kier alpha value is -1.04. The molecule has 2 rings (SSSR count). The van der Waals surface area contributed by atoms with E-state index < -0.39 is 0 Å². The van der Waals surface area contributed by atoms with Crippen LogP contribution in [0.3, 0.4) is 0 Å². The molecule has 0 aliphatic heterocycles. The van der Waals surface area contributed by atoms with Crippen molar-refractivity contribution in [1.29, 1.82) is 0 Å². The molecule has 0 atom stereocenters. The zero-order valence-electron chi connectivity index (χ0n) is 6.51. The van der Waals surface area contributed by atoms with Crippen molar-refractivity contribution >= 4 is 5.57 Å². The van der Waals surface area contributed by atoms with E-state index in [1.165, 1.54) is 30.4 Å². The summed E-state index contributed by atoms with van der Waals surface area (Å²) in [6.07, 6.45) is 6.16. The van der Waals surface area contributed by atoms with Crippen LogP contribution in [0.1, 0.15) is 24.8 Å². The highest BCUT2D eigenvalue weighted by Gasteiger charge is 2.05. The summed E-state index contributed by atoms with van der Waals surface area (Å²) in [6, 6.07) is 11.3. The summed E-state index contributed by atoms with van der Waals surface area (Å²) >= 11 is 0. The van der Waals surface area contributed by atoms with Crippen LogP contribution >= 0.6 is 0 Å². The Balaban J connectivity index is 2.29. The summed E-state index contributed by atoms with van der Waals surface area (Å²) in [4.78, 5) is 0. The van der Waals surface area contributed by atoms with Crippen molar-refractivity contribution in [2.24, 2.45) is 0 Å². The van der Waals surface area contributed by atoms with Crippen molar-refractivity contribution in [2.75, 3.05) is 0 Å². The number of rotatable bonds is 1. The molecular weight excluding hydrogens is 132 g/mol. The quantitative estimate of drug-likeness (QED) is 0.566. The maximum absolute atomic E-state index is 3.10. The van der Waals surface area contributed by atoms with E-state index in [2.05, 4.69) is 30.3 Å². The van der Waals surface area contributed by atoms with E-state index in [0.29, 0.717) is 0 Å². The zero-order chi connectivity index (χ0) is 7.52. The minimum Gasteiger partial charge on any atom is -0.0807 e. The normalized spacial score (nSPS) is 16.5. The molecule has 0 N–H and O–H groups in total. The molecule has 1 aromatic rings. The Morgan fingerprint density at radius 2 is 2.36 bits per heavy atom. The van der Waals surface area contributed by atoms with Crippen LogP contribution in [0.15, 0.2) is 30.3 Å². The monoisotopic (exact) mass is 143 g/mol. The second kappa shape index (κ2) is 2.91. The Kier molecular flexibility index (Phi) is 1.76. The molecule has 0 amide bonds. The lowest BCUT2D eigenvalue weighted by atomic mass is 10.1. The minimum atomic E-state index is 1.25. The molecule has 55 valence electrons. The van der Waals surface area contributed by atoms with Crippen molar-refractivity contribution in [1.82, 2.24) is 0 Å². The standard InChI is InChI=1S/C11H11/c1-2-6-10(7-3-1)11-8-4-5-9-11/h1-2,6-8H,4-5,9H2. The van der Waals surface area contributed by atoms with Gasteiger partial charge < -0.3 is 0 Å². The first kappa shape index (κ1) is 6.66. The summed E-state index contributed by atoms with van der Waals surface area (Å²) < 4.78 is 0. The summed E-state index contributed by atoms with van der Waals surface area (Å²) in [5, 5.41) is 0. The summed E-state index contributed by atoms with van der Waals surface area (Å²) in [7, 11) is 0. The van der Waals surface area contributed by atoms with Gasteiger partial charge in [0.1, 0.15) is 0 Å². The molecule has 1 radical (unpaired) electrons. The van der Waals surface area contributed by atoms with Crippen LogP contribution in [0, 0.1) is 6.07 Å². The Morgan fingerprint density at radius 1 is 1.36 bits per heavy atom. The molecule has 0 saturated carbocycles. The maximum Gasteiger partial charge on any atom is -0.0178 e. The topological polar surface area (TPSA) is 0 Å². The van der Waals surface area contributed by atoms with Crippen LogP contribution in [-0.2, 0) is 0 Å². The molecular formula is C11H11. The van der Waals surface area contributed by atoms with Crippen LogP contribution in [0.5, 0.6) is 0 Å². The fourth-order valence-corrected chi connectivity index (χ4v) is 1.53. The molecule has 0 heteroatoms. The number of allylic oxidation sites excluding steroid dienone is 2. The predicted molar refractivity (Wildman–Crippen MR) is 47.1 cm³/mol. The van der Waals surface area contributed by atoms with E-state index >= 15 is 0 Å². The van der Waals surface area contributed by atoms with E-state index in [-0.39, 0.29) is 0 Å². The van der Waals surface area contributed by atoms with Crippen LogP contribution in [-0.4, -0.2) is 0 Å². The molecule has 0 bridgehead atoms. The lowest BCUT2D eigenvalue weighted by Gasteiger charge is -1.98. The van der Waals surface area contributed by atoms with Gasteiger partial charge in [0, 0.05) is 0 Å². The van der Waals surface area contributed by atoms with Crippen molar-refractivity contribution < 1.29 is 0 Å². The molecule has 0 spiro atoms. The summed E-state index contributed by atoms with van der Waals surface area (Å²) in [5.74, 6) is 0. The van der Waals surface area contributed by atoms with Gasteiger partial charge in [0.05, 0.1) is 0 Å². The van der Waals surface area contributed by atoms with Gasteiger partial charge >= 0.3 is 0 Å². The van der Waals surface area contributed by atoms with Gasteiger partial charge in [-0.05, 0) is 42.5 Å². The molecule has 11 heavy (non-hydrogen) atoms. The first-order valence-electron chi connectivity index (χ1n) is 4.12. The highest BCUT2D eigenvalue weighted by atomic mass is 14.1. The summed E-state index contributed by atoms with van der Waals surface area (Å²) in [5.41, 5.74) is 2.85. The van der Waals surface area contributed by atoms with Crippen molar-refractivity contribution in [3.63, 3.8) is 0 Å². The average molecular weight is 143 g/mol. The lowest BCUT2D eigenvalue weighted by Crippen LogP contribution is -1.77. The molecule has 0 nitrogen and oxygen atoms in total. The third kappa shape index (κ3) is 1.35. The van der Waals surface area contributed by atoms with Gasteiger partial charge in [0.15, 0.2) is 0 Å². The van der Waals surface area contributed by atoms with Crippen molar-refractivity contribution in [3.8, 4) is 0 Å². The fraction of sp³-hybridized carbons (Fsp3) is 0.273. The Labute approximate surface area is 67.6 Å². The summed E-state index contributed by atoms with van der Waals surface area (Å²) in [6.45, 7) is 0. The van der Waals surface area contributed by atoms with Crippen LogP contribution in [0.25, 0.3) is 5.57 Å². The first-order chi connectivity index (χ1) is 5.47. The van der Waals surface area contributed by atoms with Crippen LogP contribution < -0.4 is 0 Å². The predicted octanol–water partition coefficient (Wildman–Crippen LogP) is 3.05. The van der Waals surface area contributed by atoms with E-state index in [4.69, 9.17) is 0 Å². The smallest absolute Gasteiger partial charge is 0.0178 e. The number of hydrogen-bond donors (Lipinski definition) is 0. The van der Waals surface area contributed by atoms with Gasteiger partial charge in [0.25, 0.3) is 0 Å². The minimum absolute atomic E-state index is 1.25. The van der Waals surface area contributed by atoms with Crippen LogP contribution in [0.4, 0.5) is 0 Å². The van der Waals surface area contributed by atoms with E-state index in [9.17, 15) is 0 Å². The zero-order valence-corrected chi connectivity index (χ0v) is 6.51. The molecule has 1 aliphatic rings. The molecule has 0 heterocycles. The Morgan fingerprint density at radius 3 is 3.00 bits per heavy atom. The van der Waals surface area contributed by atoms with Gasteiger partial charge in [-0.2, -0.15) is 0 Å².